The number of hydrogen-bond acceptors (Lipinski definition) is 2. The van der Waals surface area contributed by atoms with Gasteiger partial charge in [-0.1, -0.05) is 23.8 Å². The Hall–Kier alpha value is -0.860. The van der Waals surface area contributed by atoms with Gasteiger partial charge in [-0.2, -0.15) is 0 Å². The molecular weight excluding hydrogens is 246 g/mol. The van der Waals surface area contributed by atoms with Gasteiger partial charge in [0.05, 0.1) is 11.2 Å². The highest BCUT2D eigenvalue weighted by atomic mass is 16.5. The molecule has 0 aliphatic carbocycles. The molecule has 2 heteroatoms. The minimum atomic E-state index is -0.382. The number of benzene rings is 1. The Morgan fingerprint density at radius 3 is 2.30 bits per heavy atom. The van der Waals surface area contributed by atoms with Gasteiger partial charge < -0.3 is 10.5 Å². The van der Waals surface area contributed by atoms with Crippen molar-refractivity contribution in [3.63, 3.8) is 0 Å². The summed E-state index contributed by atoms with van der Waals surface area (Å²) in [6.45, 7) is 15.1. The average molecular weight is 275 g/mol. The van der Waals surface area contributed by atoms with Crippen LogP contribution in [0.3, 0.4) is 0 Å². The Morgan fingerprint density at radius 2 is 1.80 bits per heavy atom. The molecule has 1 saturated heterocycles. The normalized spacial score (nSPS) is 27.3. The summed E-state index contributed by atoms with van der Waals surface area (Å²) >= 11 is 0. The fourth-order valence-corrected chi connectivity index (χ4v) is 4.00. The maximum Gasteiger partial charge on any atom is 0.0683 e. The molecule has 0 bridgehead atoms. The van der Waals surface area contributed by atoms with E-state index in [4.69, 9.17) is 10.5 Å². The number of hydrogen-bond donors (Lipinski definition) is 1. The largest absolute Gasteiger partial charge is 0.369 e. The maximum absolute atomic E-state index is 6.83. The quantitative estimate of drug-likeness (QED) is 0.883. The average Bonchev–Trinajstić information content (AvgIpc) is 2.50. The molecular formula is C18H29NO. The lowest BCUT2D eigenvalue weighted by Crippen LogP contribution is -2.49. The van der Waals surface area contributed by atoms with E-state index in [9.17, 15) is 0 Å². The molecule has 0 saturated carbocycles. The van der Waals surface area contributed by atoms with Crippen molar-refractivity contribution in [2.75, 3.05) is 0 Å². The summed E-state index contributed by atoms with van der Waals surface area (Å²) in [5.41, 5.74) is 9.91. The lowest BCUT2D eigenvalue weighted by molar-refractivity contribution is -0.0814. The van der Waals surface area contributed by atoms with Crippen molar-refractivity contribution in [1.82, 2.24) is 0 Å². The van der Waals surface area contributed by atoms with Gasteiger partial charge in [-0.25, -0.2) is 0 Å². The molecule has 1 aromatic carbocycles. The Labute approximate surface area is 123 Å². The highest BCUT2D eigenvalue weighted by molar-refractivity contribution is 5.37. The lowest BCUT2D eigenvalue weighted by atomic mass is 9.69. The van der Waals surface area contributed by atoms with E-state index in [2.05, 4.69) is 66.7 Å². The first-order chi connectivity index (χ1) is 8.96. The van der Waals surface area contributed by atoms with Crippen molar-refractivity contribution >= 4 is 0 Å². The molecule has 20 heavy (non-hydrogen) atoms. The van der Waals surface area contributed by atoms with Crippen LogP contribution in [0.25, 0.3) is 0 Å². The molecule has 2 unspecified atom stereocenters. The van der Waals surface area contributed by atoms with Crippen molar-refractivity contribution in [3.05, 3.63) is 34.9 Å². The van der Waals surface area contributed by atoms with E-state index >= 15 is 0 Å². The SMILES string of the molecule is Cc1ccc(C)c(C(C)(N)C2CC(C)(C)OC2(C)C)c1. The van der Waals surface area contributed by atoms with Gasteiger partial charge in [-0.05, 0) is 66.0 Å². The van der Waals surface area contributed by atoms with Gasteiger partial charge in [0.15, 0.2) is 0 Å². The van der Waals surface area contributed by atoms with Crippen molar-refractivity contribution in [2.45, 2.75) is 71.6 Å². The molecule has 0 aromatic heterocycles. The van der Waals surface area contributed by atoms with E-state index in [1.807, 2.05) is 0 Å². The topological polar surface area (TPSA) is 35.2 Å². The second-order valence-electron chi connectivity index (χ2n) is 7.82. The molecule has 1 aliphatic heterocycles. The summed E-state index contributed by atoms with van der Waals surface area (Å²) in [4.78, 5) is 0. The molecule has 112 valence electrons. The highest BCUT2D eigenvalue weighted by Crippen LogP contribution is 2.49. The number of nitrogens with two attached hydrogens (primary N) is 1. The molecule has 1 heterocycles. The third-order valence-electron chi connectivity index (χ3n) is 4.77. The molecule has 1 aliphatic rings. The fourth-order valence-electron chi connectivity index (χ4n) is 4.00. The number of ether oxygens (including phenoxy) is 1. The number of aryl methyl sites for hydroxylation is 2. The van der Waals surface area contributed by atoms with Gasteiger partial charge in [0, 0.05) is 11.5 Å². The van der Waals surface area contributed by atoms with Gasteiger partial charge >= 0.3 is 0 Å². The molecule has 1 fully saturated rings. The van der Waals surface area contributed by atoms with E-state index in [1.165, 1.54) is 16.7 Å². The monoisotopic (exact) mass is 275 g/mol. The van der Waals surface area contributed by atoms with Crippen LogP contribution in [0.4, 0.5) is 0 Å². The van der Waals surface area contributed by atoms with Crippen LogP contribution < -0.4 is 5.73 Å². The van der Waals surface area contributed by atoms with Crippen molar-refractivity contribution in [1.29, 1.82) is 0 Å². The van der Waals surface area contributed by atoms with Crippen LogP contribution in [0, 0.1) is 19.8 Å². The Morgan fingerprint density at radius 1 is 1.20 bits per heavy atom. The Balaban J connectivity index is 2.47. The second kappa shape index (κ2) is 4.57. The van der Waals surface area contributed by atoms with E-state index in [1.54, 1.807) is 0 Å². The zero-order valence-electron chi connectivity index (χ0n) is 14.0. The molecule has 2 atom stereocenters. The molecule has 2 N–H and O–H groups in total. The molecule has 0 amide bonds. The predicted molar refractivity (Wildman–Crippen MR) is 84.8 cm³/mol. The van der Waals surface area contributed by atoms with Gasteiger partial charge in [-0.3, -0.25) is 0 Å². The van der Waals surface area contributed by atoms with E-state index in [-0.39, 0.29) is 16.7 Å². The summed E-state index contributed by atoms with van der Waals surface area (Å²) in [6, 6.07) is 6.55. The summed E-state index contributed by atoms with van der Waals surface area (Å²) in [6.07, 6.45) is 0.986. The van der Waals surface area contributed by atoms with Gasteiger partial charge in [-0.15, -0.1) is 0 Å². The number of rotatable bonds is 2. The first-order valence-corrected chi connectivity index (χ1v) is 7.52. The van der Waals surface area contributed by atoms with Crippen LogP contribution in [0.2, 0.25) is 0 Å². The highest BCUT2D eigenvalue weighted by Gasteiger charge is 2.53. The van der Waals surface area contributed by atoms with Crippen LogP contribution in [-0.2, 0) is 10.3 Å². The third-order valence-corrected chi connectivity index (χ3v) is 4.77. The van der Waals surface area contributed by atoms with Crippen molar-refractivity contribution < 1.29 is 4.74 Å². The first-order valence-electron chi connectivity index (χ1n) is 7.52. The Bertz CT molecular complexity index is 514. The molecule has 0 radical (unpaired) electrons. The third kappa shape index (κ3) is 2.64. The molecule has 2 rings (SSSR count). The van der Waals surface area contributed by atoms with E-state index < -0.39 is 0 Å². The van der Waals surface area contributed by atoms with Crippen LogP contribution in [-0.4, -0.2) is 11.2 Å². The van der Waals surface area contributed by atoms with Crippen LogP contribution in [0.5, 0.6) is 0 Å². The Kier molecular flexibility index (Phi) is 3.55. The lowest BCUT2D eigenvalue weighted by Gasteiger charge is -2.40. The minimum Gasteiger partial charge on any atom is -0.369 e. The van der Waals surface area contributed by atoms with Gasteiger partial charge in [0.2, 0.25) is 0 Å². The first kappa shape index (κ1) is 15.5. The summed E-state index contributed by atoms with van der Waals surface area (Å²) in [5.74, 6) is 0.297. The smallest absolute Gasteiger partial charge is 0.0683 e. The second-order valence-corrected chi connectivity index (χ2v) is 7.82. The summed E-state index contributed by atoms with van der Waals surface area (Å²) < 4.78 is 6.25. The maximum atomic E-state index is 6.83. The molecule has 0 spiro atoms. The minimum absolute atomic E-state index is 0.105. The fraction of sp³-hybridized carbons (Fsp3) is 0.667. The van der Waals surface area contributed by atoms with Crippen LogP contribution >= 0.6 is 0 Å². The van der Waals surface area contributed by atoms with Crippen molar-refractivity contribution in [2.24, 2.45) is 11.7 Å². The van der Waals surface area contributed by atoms with E-state index in [0.29, 0.717) is 5.92 Å². The van der Waals surface area contributed by atoms with Crippen LogP contribution in [0.1, 0.15) is 57.7 Å². The van der Waals surface area contributed by atoms with E-state index in [0.717, 1.165) is 6.42 Å². The van der Waals surface area contributed by atoms with Crippen LogP contribution in [0.15, 0.2) is 18.2 Å². The zero-order chi connectivity index (χ0) is 15.3. The molecule has 2 nitrogen and oxygen atoms in total. The summed E-state index contributed by atoms with van der Waals surface area (Å²) in [7, 11) is 0. The summed E-state index contributed by atoms with van der Waals surface area (Å²) in [5, 5.41) is 0. The zero-order valence-corrected chi connectivity index (χ0v) is 14.0. The van der Waals surface area contributed by atoms with Gasteiger partial charge in [0.1, 0.15) is 0 Å². The van der Waals surface area contributed by atoms with Crippen molar-refractivity contribution in [3.8, 4) is 0 Å². The van der Waals surface area contributed by atoms with Gasteiger partial charge in [0.25, 0.3) is 0 Å². The standard InChI is InChI=1S/C18H29NO/c1-12-8-9-13(2)14(10-12)18(7,19)15-11-16(3,4)20-17(15,5)6/h8-10,15H,11,19H2,1-7H3. The molecule has 1 aromatic rings. The predicted octanol–water partition coefficient (Wildman–Crippen LogP) is 4.07.